The van der Waals surface area contributed by atoms with E-state index in [1.54, 1.807) is 36.4 Å². The van der Waals surface area contributed by atoms with Gasteiger partial charge in [0.25, 0.3) is 5.91 Å². The number of hydrogen-bond donors (Lipinski definition) is 5. The third-order valence-corrected chi connectivity index (χ3v) is 8.95. The van der Waals surface area contributed by atoms with Gasteiger partial charge in [0.2, 0.25) is 0 Å². The summed E-state index contributed by atoms with van der Waals surface area (Å²) < 4.78 is 6.60. The van der Waals surface area contributed by atoms with Crippen molar-refractivity contribution in [2.45, 2.75) is 42.9 Å². The van der Waals surface area contributed by atoms with Crippen LogP contribution in [0.4, 0.5) is 5.69 Å². The molecule has 8 nitrogen and oxygen atoms in total. The number of thiophene rings is 1. The van der Waals surface area contributed by atoms with Gasteiger partial charge in [0.1, 0.15) is 17.0 Å². The fourth-order valence-corrected chi connectivity index (χ4v) is 6.86. The van der Waals surface area contributed by atoms with Crippen LogP contribution in [0.25, 0.3) is 10.1 Å². The van der Waals surface area contributed by atoms with E-state index in [4.69, 9.17) is 27.7 Å². The monoisotopic (exact) mass is 527 g/mol. The summed E-state index contributed by atoms with van der Waals surface area (Å²) in [5.41, 5.74) is 26.7. The highest BCUT2D eigenvalue weighted by atomic mass is 32.1. The third kappa shape index (κ3) is 3.78. The molecule has 2 aliphatic rings. The Hall–Kier alpha value is -3.76. The zero-order valence-corrected chi connectivity index (χ0v) is 21.5. The van der Waals surface area contributed by atoms with Crippen LogP contribution in [0.5, 0.6) is 11.5 Å². The van der Waals surface area contributed by atoms with Crippen molar-refractivity contribution in [1.82, 2.24) is 5.32 Å². The number of carbonyl (C=O) groups is 2. The molecule has 9 N–H and O–H groups in total. The maximum absolute atomic E-state index is 13.9. The van der Waals surface area contributed by atoms with Crippen molar-refractivity contribution in [3.63, 3.8) is 0 Å². The molecule has 0 bridgehead atoms. The molecule has 0 saturated heterocycles. The third-order valence-electron chi connectivity index (χ3n) is 7.69. The minimum absolute atomic E-state index is 0.0915. The number of para-hydroxylation sites is 1. The quantitative estimate of drug-likeness (QED) is 0.248. The van der Waals surface area contributed by atoms with E-state index >= 15 is 0 Å². The first kappa shape index (κ1) is 24.6. The number of nitrogens with one attached hydrogen (secondary N) is 1. The molecule has 38 heavy (non-hydrogen) atoms. The molecule has 4 aromatic rings. The van der Waals surface area contributed by atoms with Crippen molar-refractivity contribution in [3.8, 4) is 11.5 Å². The van der Waals surface area contributed by atoms with Crippen LogP contribution in [-0.2, 0) is 10.3 Å². The van der Waals surface area contributed by atoms with E-state index in [2.05, 4.69) is 5.32 Å². The molecule has 2 aliphatic carbocycles. The first-order valence-corrected chi connectivity index (χ1v) is 13.4. The molecule has 9 heteroatoms. The summed E-state index contributed by atoms with van der Waals surface area (Å²) in [6.45, 7) is 0. The predicted octanol–water partition coefficient (Wildman–Crippen LogP) is 3.67. The molecule has 4 atom stereocenters. The Bertz CT molecular complexity index is 1550. The van der Waals surface area contributed by atoms with Gasteiger partial charge in [0.05, 0.1) is 15.6 Å². The highest BCUT2D eigenvalue weighted by molar-refractivity contribution is 7.21. The Labute approximate surface area is 223 Å². The maximum atomic E-state index is 13.9. The van der Waals surface area contributed by atoms with Crippen LogP contribution in [0, 0.1) is 0 Å². The van der Waals surface area contributed by atoms with Crippen molar-refractivity contribution in [2.24, 2.45) is 17.2 Å². The Morgan fingerprint density at radius 3 is 2.37 bits per heavy atom. The second-order valence-corrected chi connectivity index (χ2v) is 11.0. The van der Waals surface area contributed by atoms with Crippen LogP contribution in [0.1, 0.15) is 51.7 Å². The largest absolute Gasteiger partial charge is 0.457 e. The van der Waals surface area contributed by atoms with Gasteiger partial charge >= 0.3 is 0 Å². The number of anilines is 1. The van der Waals surface area contributed by atoms with Gasteiger partial charge in [0, 0.05) is 28.7 Å². The lowest BCUT2D eigenvalue weighted by molar-refractivity contribution is -0.124. The van der Waals surface area contributed by atoms with Gasteiger partial charge in [0.15, 0.2) is 5.78 Å². The molecule has 0 radical (unpaired) electrons. The van der Waals surface area contributed by atoms with E-state index < -0.39 is 17.4 Å². The highest BCUT2D eigenvalue weighted by Gasteiger charge is 2.48. The van der Waals surface area contributed by atoms with E-state index in [-0.39, 0.29) is 18.0 Å². The zero-order valence-electron chi connectivity index (χ0n) is 20.6. The smallest absolute Gasteiger partial charge is 0.262 e. The van der Waals surface area contributed by atoms with Crippen LogP contribution in [-0.4, -0.2) is 23.8 Å². The van der Waals surface area contributed by atoms with E-state index in [1.807, 2.05) is 30.3 Å². The molecule has 1 aromatic heterocycles. The first-order chi connectivity index (χ1) is 18.3. The summed E-state index contributed by atoms with van der Waals surface area (Å²) in [5.74, 6) is 0.631. The lowest BCUT2D eigenvalue weighted by atomic mass is 9.70. The molecule has 1 amide bonds. The molecular formula is C29H29N5O3S. The zero-order chi connectivity index (χ0) is 26.6. The lowest BCUT2D eigenvalue weighted by Gasteiger charge is -2.36. The Kier molecular flexibility index (Phi) is 5.96. The number of Topliss-reactive ketones (excluding diaryl/α,β-unsaturated/α-hetero) is 1. The number of amides is 1. The van der Waals surface area contributed by atoms with Gasteiger partial charge in [-0.25, -0.2) is 0 Å². The van der Waals surface area contributed by atoms with Gasteiger partial charge in [-0.2, -0.15) is 0 Å². The van der Waals surface area contributed by atoms with E-state index in [1.165, 1.54) is 11.3 Å². The van der Waals surface area contributed by atoms with Crippen molar-refractivity contribution in [3.05, 3.63) is 88.3 Å². The number of rotatable bonds is 5. The lowest BCUT2D eigenvalue weighted by Crippen LogP contribution is -2.52. The summed E-state index contributed by atoms with van der Waals surface area (Å²) in [4.78, 5) is 27.7. The molecule has 2 unspecified atom stereocenters. The number of nitrogen functional groups attached to an aromatic ring is 1. The molecule has 1 saturated carbocycles. The number of hydrogen-bond acceptors (Lipinski definition) is 8. The number of benzene rings is 3. The molecule has 1 heterocycles. The van der Waals surface area contributed by atoms with Gasteiger partial charge < -0.3 is 33.0 Å². The summed E-state index contributed by atoms with van der Waals surface area (Å²) in [7, 11) is 0. The molecule has 3 aromatic carbocycles. The fourth-order valence-electron chi connectivity index (χ4n) is 5.66. The topological polar surface area (TPSA) is 159 Å². The van der Waals surface area contributed by atoms with E-state index in [0.29, 0.717) is 48.8 Å². The summed E-state index contributed by atoms with van der Waals surface area (Å²) >= 11 is 1.24. The summed E-state index contributed by atoms with van der Waals surface area (Å²) in [6.07, 6.45) is 2.65. The van der Waals surface area contributed by atoms with Gasteiger partial charge in [-0.15, -0.1) is 11.3 Å². The van der Waals surface area contributed by atoms with E-state index in [9.17, 15) is 9.59 Å². The van der Waals surface area contributed by atoms with E-state index in [0.717, 1.165) is 19.3 Å². The molecule has 0 aliphatic heterocycles. The fraction of sp³-hybridized carbons (Fsp3) is 0.241. The standard InChI is InChI=1S/C29H29N5O3S/c30-19-7-4-8-21(19)34-28(36)26-23-22-18(13-14-20(31)25(22)38-26)29(33,27(35)24(23)32)15-9-11-17(12-10-15)37-16-5-2-1-3-6-16/h1-3,5-6,9-14,19,21,24H,4,7-8,30-33H2,(H,34,36)/t19-,21-,24?,29?/m1/s1. The second kappa shape index (κ2) is 9.21. The van der Waals surface area contributed by atoms with Crippen molar-refractivity contribution >= 4 is 38.8 Å². The van der Waals surface area contributed by atoms with Crippen molar-refractivity contribution in [2.75, 3.05) is 5.73 Å². The SMILES string of the molecule is Nc1ccc2c3c(c(C(=O)N[C@@H]4CCC[C@H]4N)sc13)C(N)C(=O)C2(N)c1ccc(Oc2ccccc2)cc1. The van der Waals surface area contributed by atoms with Crippen LogP contribution < -0.4 is 33.0 Å². The van der Waals surface area contributed by atoms with Crippen LogP contribution >= 0.6 is 11.3 Å². The molecule has 1 fully saturated rings. The highest BCUT2D eigenvalue weighted by Crippen LogP contribution is 2.49. The summed E-state index contributed by atoms with van der Waals surface area (Å²) in [6, 6.07) is 18.7. The molecular weight excluding hydrogens is 498 g/mol. The number of nitrogens with two attached hydrogens (primary N) is 4. The first-order valence-electron chi connectivity index (χ1n) is 12.6. The molecule has 194 valence electrons. The minimum Gasteiger partial charge on any atom is -0.457 e. The van der Waals surface area contributed by atoms with Gasteiger partial charge in [-0.3, -0.25) is 9.59 Å². The maximum Gasteiger partial charge on any atom is 0.262 e. The van der Waals surface area contributed by atoms with Crippen LogP contribution in [0.3, 0.4) is 0 Å². The average molecular weight is 528 g/mol. The average Bonchev–Trinajstić information content (AvgIpc) is 3.52. The predicted molar refractivity (Wildman–Crippen MR) is 149 cm³/mol. The number of ether oxygens (including phenoxy) is 1. The van der Waals surface area contributed by atoms with Gasteiger partial charge in [-0.1, -0.05) is 36.4 Å². The normalized spacial score (nSPS) is 24.5. The van der Waals surface area contributed by atoms with Crippen molar-refractivity contribution in [1.29, 1.82) is 0 Å². The number of carbonyl (C=O) groups excluding carboxylic acids is 2. The second-order valence-electron chi connectivity index (χ2n) is 10.0. The number of ketones is 1. The Morgan fingerprint density at radius 2 is 1.68 bits per heavy atom. The van der Waals surface area contributed by atoms with Gasteiger partial charge in [-0.05, 0) is 60.7 Å². The van der Waals surface area contributed by atoms with Crippen LogP contribution in [0.2, 0.25) is 0 Å². The summed E-state index contributed by atoms with van der Waals surface area (Å²) in [5, 5.41) is 3.73. The Morgan fingerprint density at radius 1 is 0.974 bits per heavy atom. The molecule has 6 rings (SSSR count). The molecule has 0 spiro atoms. The van der Waals surface area contributed by atoms with Crippen LogP contribution in [0.15, 0.2) is 66.7 Å². The minimum atomic E-state index is -1.52. The van der Waals surface area contributed by atoms with Crippen molar-refractivity contribution < 1.29 is 14.3 Å². The Balaban J connectivity index is 1.43.